The summed E-state index contributed by atoms with van der Waals surface area (Å²) in [6.45, 7) is 5.78. The second-order valence-electron chi connectivity index (χ2n) is 8.22. The van der Waals surface area contributed by atoms with Crippen LogP contribution in [0.15, 0.2) is 27.5 Å². The molecular formula is C22H30BrN3O7. The maximum Gasteiger partial charge on any atom is 0.265 e. The predicted molar refractivity (Wildman–Crippen MR) is 125 cm³/mol. The molecule has 1 saturated heterocycles. The van der Waals surface area contributed by atoms with Crippen LogP contribution in [0.3, 0.4) is 0 Å². The van der Waals surface area contributed by atoms with Gasteiger partial charge in [0.2, 0.25) is 0 Å². The van der Waals surface area contributed by atoms with Crippen LogP contribution in [0.5, 0.6) is 5.75 Å². The number of hydrogen-bond donors (Lipinski definition) is 6. The summed E-state index contributed by atoms with van der Waals surface area (Å²) in [4.78, 5) is 19.9. The molecule has 1 unspecified atom stereocenters. The third-order valence-corrected chi connectivity index (χ3v) is 6.10. The van der Waals surface area contributed by atoms with E-state index in [0.29, 0.717) is 39.6 Å². The number of rotatable bonds is 8. The van der Waals surface area contributed by atoms with Gasteiger partial charge in [-0.05, 0) is 46.5 Å². The molecule has 182 valence electrons. The van der Waals surface area contributed by atoms with E-state index < -0.39 is 37.3 Å². The van der Waals surface area contributed by atoms with E-state index in [1.807, 2.05) is 20.8 Å². The minimum atomic E-state index is -1.50. The van der Waals surface area contributed by atoms with Gasteiger partial charge in [-0.3, -0.25) is 4.79 Å². The molecule has 33 heavy (non-hydrogen) atoms. The van der Waals surface area contributed by atoms with Gasteiger partial charge < -0.3 is 40.2 Å². The standard InChI is InChI=1S/C22H30BrN3O7/c1-4-7-32-13-6-5-11(24-22-19(30)18(29)17(28)14(9-27)33-22)8-12(13)20-25-16(10(2)3)15(23)21(31)26-20/h5-6,8,10,14,17-19,22,24,27-30H,4,7,9H2,1-3H3,(H,25,26,31)/t14-,17-,18+,19-,22?/m1/s1. The highest BCUT2D eigenvalue weighted by Gasteiger charge is 2.43. The van der Waals surface area contributed by atoms with Crippen LogP contribution in [0.4, 0.5) is 5.69 Å². The van der Waals surface area contributed by atoms with Gasteiger partial charge in [0.15, 0.2) is 6.23 Å². The van der Waals surface area contributed by atoms with E-state index in [2.05, 4.69) is 31.2 Å². The number of halogens is 1. The number of aromatic amines is 1. The second kappa shape index (κ2) is 10.9. The number of aliphatic hydroxyl groups excluding tert-OH is 4. The highest BCUT2D eigenvalue weighted by atomic mass is 79.9. The first kappa shape index (κ1) is 25.6. The summed E-state index contributed by atoms with van der Waals surface area (Å²) in [5, 5.41) is 42.8. The molecule has 0 spiro atoms. The Labute approximate surface area is 199 Å². The molecule has 5 atom stereocenters. The van der Waals surface area contributed by atoms with Gasteiger partial charge >= 0.3 is 0 Å². The monoisotopic (exact) mass is 527 g/mol. The van der Waals surface area contributed by atoms with E-state index in [-0.39, 0.29) is 11.5 Å². The number of aromatic nitrogens is 2. The summed E-state index contributed by atoms with van der Waals surface area (Å²) < 4.78 is 11.8. The van der Waals surface area contributed by atoms with E-state index in [0.717, 1.165) is 6.42 Å². The lowest BCUT2D eigenvalue weighted by Gasteiger charge is -2.40. The molecule has 1 aromatic carbocycles. The highest BCUT2D eigenvalue weighted by molar-refractivity contribution is 9.10. The topological polar surface area (TPSA) is 157 Å². The van der Waals surface area contributed by atoms with Crippen LogP contribution in [0.25, 0.3) is 11.4 Å². The third kappa shape index (κ3) is 5.56. The summed E-state index contributed by atoms with van der Waals surface area (Å²) in [5.74, 6) is 0.822. The van der Waals surface area contributed by atoms with Gasteiger partial charge in [0.25, 0.3) is 5.56 Å². The molecule has 1 aromatic heterocycles. The number of benzene rings is 1. The summed E-state index contributed by atoms with van der Waals surface area (Å²) >= 11 is 3.30. The Hall–Kier alpha value is -2.02. The average molecular weight is 528 g/mol. The number of nitrogens with zero attached hydrogens (tertiary/aromatic N) is 1. The lowest BCUT2D eigenvalue weighted by molar-refractivity contribution is -0.221. The molecule has 11 heteroatoms. The summed E-state index contributed by atoms with van der Waals surface area (Å²) in [5.41, 5.74) is 1.28. The zero-order valence-corrected chi connectivity index (χ0v) is 20.2. The highest BCUT2D eigenvalue weighted by Crippen LogP contribution is 2.33. The Bertz CT molecular complexity index is 1010. The number of nitrogens with one attached hydrogen (secondary N) is 2. The van der Waals surface area contributed by atoms with Crippen molar-refractivity contribution in [3.8, 4) is 17.1 Å². The quantitative estimate of drug-likeness (QED) is 0.297. The molecule has 1 aliphatic heterocycles. The Kier molecular flexibility index (Phi) is 8.48. The van der Waals surface area contributed by atoms with Gasteiger partial charge in [0, 0.05) is 5.69 Å². The van der Waals surface area contributed by atoms with Crippen molar-refractivity contribution < 1.29 is 29.9 Å². The first-order valence-electron chi connectivity index (χ1n) is 10.8. The first-order chi connectivity index (χ1) is 15.7. The van der Waals surface area contributed by atoms with Gasteiger partial charge in [0.1, 0.15) is 40.5 Å². The zero-order valence-electron chi connectivity index (χ0n) is 18.7. The molecule has 10 nitrogen and oxygen atoms in total. The molecule has 0 radical (unpaired) electrons. The molecule has 0 bridgehead atoms. The molecule has 0 saturated carbocycles. The first-order valence-corrected chi connectivity index (χ1v) is 11.6. The van der Waals surface area contributed by atoms with Crippen LogP contribution in [-0.2, 0) is 4.74 Å². The predicted octanol–water partition coefficient (Wildman–Crippen LogP) is 1.32. The van der Waals surface area contributed by atoms with E-state index in [9.17, 15) is 25.2 Å². The zero-order chi connectivity index (χ0) is 24.3. The van der Waals surface area contributed by atoms with Gasteiger partial charge in [-0.2, -0.15) is 0 Å². The van der Waals surface area contributed by atoms with Crippen LogP contribution in [0.1, 0.15) is 38.8 Å². The fourth-order valence-electron chi connectivity index (χ4n) is 3.51. The molecule has 2 heterocycles. The maximum absolute atomic E-state index is 12.5. The lowest BCUT2D eigenvalue weighted by Crippen LogP contribution is -2.60. The van der Waals surface area contributed by atoms with Crippen molar-refractivity contribution in [3.05, 3.63) is 38.7 Å². The normalized spacial score (nSPS) is 25.3. The Morgan fingerprint density at radius 3 is 2.61 bits per heavy atom. The van der Waals surface area contributed by atoms with E-state index in [4.69, 9.17) is 9.47 Å². The molecule has 1 aliphatic rings. The van der Waals surface area contributed by atoms with Crippen LogP contribution in [0.2, 0.25) is 0 Å². The Balaban J connectivity index is 2.00. The molecular weight excluding hydrogens is 498 g/mol. The molecule has 2 aromatic rings. The van der Waals surface area contributed by atoms with Crippen LogP contribution < -0.4 is 15.6 Å². The molecule has 0 amide bonds. The van der Waals surface area contributed by atoms with Crippen LogP contribution in [0, 0.1) is 0 Å². The number of H-pyrrole nitrogens is 1. The van der Waals surface area contributed by atoms with Crippen LogP contribution in [-0.4, -0.2) is 74.3 Å². The number of aliphatic hydroxyl groups is 4. The summed E-state index contributed by atoms with van der Waals surface area (Å²) in [6, 6.07) is 5.08. The van der Waals surface area contributed by atoms with Crippen molar-refractivity contribution in [2.24, 2.45) is 0 Å². The molecule has 3 rings (SSSR count). The van der Waals surface area contributed by atoms with Crippen molar-refractivity contribution in [1.29, 1.82) is 0 Å². The van der Waals surface area contributed by atoms with Crippen molar-refractivity contribution in [1.82, 2.24) is 9.97 Å². The maximum atomic E-state index is 12.5. The summed E-state index contributed by atoms with van der Waals surface area (Å²) in [6.07, 6.45) is -5.75. The van der Waals surface area contributed by atoms with Gasteiger partial charge in [0.05, 0.1) is 24.5 Å². The number of ether oxygens (including phenoxy) is 2. The fourth-order valence-corrected chi connectivity index (χ4v) is 4.16. The Morgan fingerprint density at radius 2 is 1.97 bits per heavy atom. The second-order valence-corrected chi connectivity index (χ2v) is 9.01. The van der Waals surface area contributed by atoms with Gasteiger partial charge in [-0.1, -0.05) is 20.8 Å². The fraction of sp³-hybridized carbons (Fsp3) is 0.545. The van der Waals surface area contributed by atoms with E-state index in [1.54, 1.807) is 18.2 Å². The van der Waals surface area contributed by atoms with Crippen molar-refractivity contribution in [2.45, 2.75) is 63.8 Å². The molecule has 0 aliphatic carbocycles. The summed E-state index contributed by atoms with van der Waals surface area (Å²) in [7, 11) is 0. The van der Waals surface area contributed by atoms with Gasteiger partial charge in [-0.15, -0.1) is 0 Å². The van der Waals surface area contributed by atoms with Crippen molar-refractivity contribution >= 4 is 21.6 Å². The van der Waals surface area contributed by atoms with Crippen molar-refractivity contribution in [2.75, 3.05) is 18.5 Å². The smallest absolute Gasteiger partial charge is 0.265 e. The van der Waals surface area contributed by atoms with Crippen LogP contribution >= 0.6 is 15.9 Å². The molecule has 6 N–H and O–H groups in total. The van der Waals surface area contributed by atoms with E-state index >= 15 is 0 Å². The van der Waals surface area contributed by atoms with Gasteiger partial charge in [-0.25, -0.2) is 4.98 Å². The number of anilines is 1. The van der Waals surface area contributed by atoms with Crippen molar-refractivity contribution in [3.63, 3.8) is 0 Å². The lowest BCUT2D eigenvalue weighted by atomic mass is 9.98. The largest absolute Gasteiger partial charge is 0.493 e. The van der Waals surface area contributed by atoms with E-state index in [1.165, 1.54) is 0 Å². The Morgan fingerprint density at radius 1 is 1.24 bits per heavy atom. The number of hydrogen-bond acceptors (Lipinski definition) is 9. The minimum absolute atomic E-state index is 0.00383. The third-order valence-electron chi connectivity index (χ3n) is 5.33. The SMILES string of the molecule is CCCOc1ccc(NC2O[C@H](CO)[C@@H](O)[C@H](O)[C@H]2O)cc1-c1nc(C(C)C)c(Br)c(=O)[nH]1. The minimum Gasteiger partial charge on any atom is -0.493 e. The average Bonchev–Trinajstić information content (AvgIpc) is 2.79. The molecule has 1 fully saturated rings.